The minimum atomic E-state index is -0.118. The Hall–Kier alpha value is -2.69. The monoisotopic (exact) mass is 298 g/mol. The molecule has 2 aromatic carbocycles. The van der Waals surface area contributed by atoms with E-state index in [9.17, 15) is 4.79 Å². The number of ether oxygens (including phenoxy) is 2. The summed E-state index contributed by atoms with van der Waals surface area (Å²) in [6, 6.07) is 12.8. The number of anilines is 2. The summed E-state index contributed by atoms with van der Waals surface area (Å²) in [7, 11) is 0. The van der Waals surface area contributed by atoms with Crippen molar-refractivity contribution in [1.82, 2.24) is 0 Å². The Kier molecular flexibility index (Phi) is 4.14. The molecular weight excluding hydrogens is 280 g/mol. The summed E-state index contributed by atoms with van der Waals surface area (Å²) in [6.45, 7) is 1.26. The molecule has 0 aromatic heterocycles. The van der Waals surface area contributed by atoms with Crippen LogP contribution >= 0.6 is 0 Å². The highest BCUT2D eigenvalue weighted by Crippen LogP contribution is 2.32. The molecule has 0 fully saturated rings. The van der Waals surface area contributed by atoms with E-state index in [4.69, 9.17) is 15.2 Å². The van der Waals surface area contributed by atoms with Crippen molar-refractivity contribution in [3.8, 4) is 11.5 Å². The molecule has 0 radical (unpaired) electrons. The van der Waals surface area contributed by atoms with Crippen LogP contribution in [0.1, 0.15) is 12.0 Å². The average molecular weight is 298 g/mol. The van der Waals surface area contributed by atoms with Crippen molar-refractivity contribution in [3.63, 3.8) is 0 Å². The van der Waals surface area contributed by atoms with Gasteiger partial charge in [-0.25, -0.2) is 0 Å². The van der Waals surface area contributed by atoms with Gasteiger partial charge in [-0.1, -0.05) is 18.2 Å². The third-order valence-electron chi connectivity index (χ3n) is 3.44. The van der Waals surface area contributed by atoms with E-state index in [1.54, 1.807) is 18.2 Å². The van der Waals surface area contributed by atoms with Gasteiger partial charge in [0.1, 0.15) is 0 Å². The molecule has 2 aromatic rings. The van der Waals surface area contributed by atoms with Crippen LogP contribution in [-0.4, -0.2) is 19.1 Å². The maximum Gasteiger partial charge on any atom is 0.228 e. The zero-order valence-electron chi connectivity index (χ0n) is 12.2. The van der Waals surface area contributed by atoms with Gasteiger partial charge in [-0.2, -0.15) is 0 Å². The van der Waals surface area contributed by atoms with Crippen molar-refractivity contribution >= 4 is 17.3 Å². The molecule has 0 unspecified atom stereocenters. The third-order valence-corrected chi connectivity index (χ3v) is 3.44. The molecule has 5 heteroatoms. The molecule has 5 nitrogen and oxygen atoms in total. The summed E-state index contributed by atoms with van der Waals surface area (Å²) < 4.78 is 11.2. The highest BCUT2D eigenvalue weighted by molar-refractivity contribution is 5.93. The summed E-state index contributed by atoms with van der Waals surface area (Å²) in [5.41, 5.74) is 7.97. The molecule has 3 N–H and O–H groups in total. The molecular formula is C17H18N2O3. The van der Waals surface area contributed by atoms with E-state index in [1.165, 1.54) is 0 Å². The first-order valence-electron chi connectivity index (χ1n) is 7.25. The number of nitrogens with one attached hydrogen (secondary N) is 1. The lowest BCUT2D eigenvalue weighted by molar-refractivity contribution is -0.115. The predicted molar refractivity (Wildman–Crippen MR) is 85.2 cm³/mol. The molecule has 0 atom stereocenters. The van der Waals surface area contributed by atoms with E-state index in [1.807, 2.05) is 24.3 Å². The number of hydrogen-bond donors (Lipinski definition) is 2. The average Bonchev–Trinajstić information content (AvgIpc) is 2.74. The van der Waals surface area contributed by atoms with Crippen molar-refractivity contribution in [2.75, 3.05) is 24.3 Å². The standard InChI is InChI=1S/C17H18N2O3/c18-14-5-2-1-4-12(14)10-17(20)19-13-6-7-15-16(11-13)22-9-3-8-21-15/h1-2,4-7,11H,3,8-10,18H2,(H,19,20). The van der Waals surface area contributed by atoms with Gasteiger partial charge in [-0.05, 0) is 23.8 Å². The fourth-order valence-corrected chi connectivity index (χ4v) is 2.31. The number of benzene rings is 2. The molecule has 114 valence electrons. The predicted octanol–water partition coefficient (Wildman–Crippen LogP) is 2.61. The second-order valence-electron chi connectivity index (χ2n) is 5.14. The number of fused-ring (bicyclic) bond motifs is 1. The van der Waals surface area contributed by atoms with E-state index < -0.39 is 0 Å². The Bertz CT molecular complexity index is 685. The van der Waals surface area contributed by atoms with Crippen molar-refractivity contribution in [1.29, 1.82) is 0 Å². The van der Waals surface area contributed by atoms with E-state index in [0.29, 0.717) is 36.1 Å². The van der Waals surface area contributed by atoms with Gasteiger partial charge in [0.15, 0.2) is 11.5 Å². The van der Waals surface area contributed by atoms with Gasteiger partial charge >= 0.3 is 0 Å². The summed E-state index contributed by atoms with van der Waals surface area (Å²) in [4.78, 5) is 12.1. The Labute approximate surface area is 129 Å². The van der Waals surface area contributed by atoms with Crippen molar-refractivity contribution in [3.05, 3.63) is 48.0 Å². The normalized spacial score (nSPS) is 13.3. The van der Waals surface area contributed by atoms with Gasteiger partial charge in [0.05, 0.1) is 19.6 Å². The number of amides is 1. The summed E-state index contributed by atoms with van der Waals surface area (Å²) in [6.07, 6.45) is 1.09. The summed E-state index contributed by atoms with van der Waals surface area (Å²) in [5, 5.41) is 2.86. The van der Waals surface area contributed by atoms with E-state index in [-0.39, 0.29) is 12.3 Å². The number of carbonyl (C=O) groups excluding carboxylic acids is 1. The lowest BCUT2D eigenvalue weighted by atomic mass is 10.1. The summed E-state index contributed by atoms with van der Waals surface area (Å²) >= 11 is 0. The summed E-state index contributed by atoms with van der Waals surface area (Å²) in [5.74, 6) is 1.25. The molecule has 1 heterocycles. The quantitative estimate of drug-likeness (QED) is 0.854. The molecule has 0 spiro atoms. The second-order valence-corrected chi connectivity index (χ2v) is 5.14. The highest BCUT2D eigenvalue weighted by Gasteiger charge is 2.12. The first-order valence-corrected chi connectivity index (χ1v) is 7.25. The molecule has 1 aliphatic rings. The number of carbonyl (C=O) groups is 1. The Morgan fingerprint density at radius 3 is 2.68 bits per heavy atom. The number of nitrogens with two attached hydrogens (primary N) is 1. The van der Waals surface area contributed by atoms with Gasteiger partial charge in [-0.3, -0.25) is 4.79 Å². The minimum absolute atomic E-state index is 0.118. The van der Waals surface area contributed by atoms with Gasteiger partial charge < -0.3 is 20.5 Å². The SMILES string of the molecule is Nc1ccccc1CC(=O)Nc1ccc2c(c1)OCCCO2. The van der Waals surface area contributed by atoms with Crippen LogP contribution in [0.3, 0.4) is 0 Å². The number of nitrogen functional groups attached to an aromatic ring is 1. The topological polar surface area (TPSA) is 73.6 Å². The van der Waals surface area contributed by atoms with Crippen LogP contribution in [0.4, 0.5) is 11.4 Å². The fraction of sp³-hybridized carbons (Fsp3) is 0.235. The van der Waals surface area contributed by atoms with Gasteiger partial charge in [0.2, 0.25) is 5.91 Å². The molecule has 0 aliphatic carbocycles. The number of rotatable bonds is 3. The van der Waals surface area contributed by atoms with Crippen LogP contribution in [0.2, 0.25) is 0 Å². The highest BCUT2D eigenvalue weighted by atomic mass is 16.5. The van der Waals surface area contributed by atoms with E-state index >= 15 is 0 Å². The van der Waals surface area contributed by atoms with Crippen LogP contribution < -0.4 is 20.5 Å². The van der Waals surface area contributed by atoms with E-state index in [2.05, 4.69) is 5.32 Å². The van der Waals surface area contributed by atoms with Gasteiger partial charge in [-0.15, -0.1) is 0 Å². The zero-order chi connectivity index (χ0) is 15.4. The molecule has 0 bridgehead atoms. The molecule has 22 heavy (non-hydrogen) atoms. The van der Waals surface area contributed by atoms with Crippen molar-refractivity contribution < 1.29 is 14.3 Å². The lowest BCUT2D eigenvalue weighted by Crippen LogP contribution is -2.15. The lowest BCUT2D eigenvalue weighted by Gasteiger charge is -2.11. The van der Waals surface area contributed by atoms with Crippen LogP contribution in [-0.2, 0) is 11.2 Å². The largest absolute Gasteiger partial charge is 0.490 e. The molecule has 3 rings (SSSR count). The third kappa shape index (κ3) is 3.31. The zero-order valence-corrected chi connectivity index (χ0v) is 12.2. The molecule has 1 aliphatic heterocycles. The maximum atomic E-state index is 12.1. The number of hydrogen-bond acceptors (Lipinski definition) is 4. The van der Waals surface area contributed by atoms with Crippen LogP contribution in [0, 0.1) is 0 Å². The van der Waals surface area contributed by atoms with E-state index in [0.717, 1.165) is 12.0 Å². The first kappa shape index (κ1) is 14.3. The Morgan fingerprint density at radius 2 is 1.86 bits per heavy atom. The molecule has 0 saturated carbocycles. The van der Waals surface area contributed by atoms with Crippen LogP contribution in [0.25, 0.3) is 0 Å². The van der Waals surface area contributed by atoms with Gasteiger partial charge in [0, 0.05) is 23.9 Å². The maximum absolute atomic E-state index is 12.1. The fourth-order valence-electron chi connectivity index (χ4n) is 2.31. The van der Waals surface area contributed by atoms with Crippen molar-refractivity contribution in [2.45, 2.75) is 12.8 Å². The minimum Gasteiger partial charge on any atom is -0.490 e. The number of para-hydroxylation sites is 1. The second kappa shape index (κ2) is 6.39. The first-order chi connectivity index (χ1) is 10.7. The molecule has 1 amide bonds. The Balaban J connectivity index is 1.69. The Morgan fingerprint density at radius 1 is 1.09 bits per heavy atom. The van der Waals surface area contributed by atoms with Crippen LogP contribution in [0.15, 0.2) is 42.5 Å². The smallest absolute Gasteiger partial charge is 0.228 e. The van der Waals surface area contributed by atoms with Crippen LogP contribution in [0.5, 0.6) is 11.5 Å². The van der Waals surface area contributed by atoms with Gasteiger partial charge in [0.25, 0.3) is 0 Å². The van der Waals surface area contributed by atoms with Crippen molar-refractivity contribution in [2.24, 2.45) is 0 Å². The molecule has 0 saturated heterocycles.